The minimum absolute atomic E-state index is 0.919. The molecule has 1 aromatic carbocycles. The van der Waals surface area contributed by atoms with Crippen molar-refractivity contribution in [2.45, 2.75) is 39.7 Å². The van der Waals surface area contributed by atoms with Crippen LogP contribution in [0.15, 0.2) is 18.2 Å². The molecule has 94 valence electrons. The van der Waals surface area contributed by atoms with E-state index in [4.69, 9.17) is 5.73 Å². The van der Waals surface area contributed by atoms with Gasteiger partial charge in [-0.05, 0) is 49.4 Å². The fraction of sp³-hybridized carbons (Fsp3) is 0.600. The summed E-state index contributed by atoms with van der Waals surface area (Å²) in [6.07, 6.45) is 4.28. The van der Waals surface area contributed by atoms with E-state index in [1.54, 1.807) is 0 Å². The third-order valence-corrected chi connectivity index (χ3v) is 4.07. The summed E-state index contributed by atoms with van der Waals surface area (Å²) >= 11 is 0. The molecule has 0 spiro atoms. The first-order valence-corrected chi connectivity index (χ1v) is 6.77. The predicted molar refractivity (Wildman–Crippen MR) is 73.9 cm³/mol. The molecule has 0 aromatic heterocycles. The lowest BCUT2D eigenvalue weighted by molar-refractivity contribution is 0.178. The Morgan fingerprint density at radius 2 is 2.12 bits per heavy atom. The second-order valence-electron chi connectivity index (χ2n) is 5.26. The lowest BCUT2D eigenvalue weighted by Gasteiger charge is -2.32. The Morgan fingerprint density at radius 1 is 1.35 bits per heavy atom. The number of benzene rings is 1. The van der Waals surface area contributed by atoms with Gasteiger partial charge in [0.2, 0.25) is 0 Å². The molecule has 0 heterocycles. The molecule has 17 heavy (non-hydrogen) atoms. The SMILES string of the molecule is CCN(Cc1cccc(N)c1C)CC1CCC1. The van der Waals surface area contributed by atoms with E-state index in [0.29, 0.717) is 0 Å². The Kier molecular flexibility index (Phi) is 4.06. The van der Waals surface area contributed by atoms with Crippen molar-refractivity contribution in [2.24, 2.45) is 5.92 Å². The molecule has 1 aliphatic rings. The van der Waals surface area contributed by atoms with Crippen LogP contribution in [0.2, 0.25) is 0 Å². The zero-order chi connectivity index (χ0) is 12.3. The van der Waals surface area contributed by atoms with E-state index in [0.717, 1.165) is 24.7 Å². The van der Waals surface area contributed by atoms with Crippen LogP contribution in [-0.2, 0) is 6.54 Å². The summed E-state index contributed by atoms with van der Waals surface area (Å²) in [5.41, 5.74) is 9.51. The Bertz CT molecular complexity index is 369. The van der Waals surface area contributed by atoms with Crippen molar-refractivity contribution in [1.29, 1.82) is 0 Å². The van der Waals surface area contributed by atoms with Gasteiger partial charge in [-0.1, -0.05) is 25.5 Å². The van der Waals surface area contributed by atoms with Gasteiger partial charge in [0.15, 0.2) is 0 Å². The molecule has 0 bridgehead atoms. The molecular formula is C15H24N2. The molecule has 0 aliphatic heterocycles. The number of rotatable bonds is 5. The molecule has 2 rings (SSSR count). The monoisotopic (exact) mass is 232 g/mol. The van der Waals surface area contributed by atoms with Gasteiger partial charge in [-0.15, -0.1) is 0 Å². The molecule has 0 atom stereocenters. The Hall–Kier alpha value is -1.02. The molecule has 1 aromatic rings. The van der Waals surface area contributed by atoms with Crippen molar-refractivity contribution in [3.8, 4) is 0 Å². The normalized spacial score (nSPS) is 16.2. The van der Waals surface area contributed by atoms with Crippen LogP contribution in [0, 0.1) is 12.8 Å². The zero-order valence-electron chi connectivity index (χ0n) is 11.1. The van der Waals surface area contributed by atoms with Crippen LogP contribution >= 0.6 is 0 Å². The highest BCUT2D eigenvalue weighted by Crippen LogP contribution is 2.28. The average Bonchev–Trinajstić information content (AvgIpc) is 2.27. The van der Waals surface area contributed by atoms with Gasteiger partial charge in [0.1, 0.15) is 0 Å². The first-order valence-electron chi connectivity index (χ1n) is 6.77. The minimum Gasteiger partial charge on any atom is -0.399 e. The van der Waals surface area contributed by atoms with Crippen molar-refractivity contribution in [1.82, 2.24) is 4.90 Å². The van der Waals surface area contributed by atoms with Gasteiger partial charge in [0, 0.05) is 18.8 Å². The molecule has 1 fully saturated rings. The molecule has 0 saturated heterocycles. The van der Waals surface area contributed by atoms with Crippen molar-refractivity contribution >= 4 is 5.69 Å². The molecule has 0 amide bonds. The summed E-state index contributed by atoms with van der Waals surface area (Å²) in [5, 5.41) is 0. The Labute approximate surface area is 105 Å². The van der Waals surface area contributed by atoms with Crippen LogP contribution in [-0.4, -0.2) is 18.0 Å². The maximum Gasteiger partial charge on any atom is 0.0346 e. The average molecular weight is 232 g/mol. The van der Waals surface area contributed by atoms with Crippen molar-refractivity contribution in [3.63, 3.8) is 0 Å². The van der Waals surface area contributed by atoms with E-state index >= 15 is 0 Å². The highest BCUT2D eigenvalue weighted by atomic mass is 15.1. The first-order chi connectivity index (χ1) is 8.20. The maximum atomic E-state index is 5.96. The maximum absolute atomic E-state index is 5.96. The highest BCUT2D eigenvalue weighted by Gasteiger charge is 2.20. The minimum atomic E-state index is 0.919. The molecule has 2 nitrogen and oxygen atoms in total. The molecule has 2 heteroatoms. The highest BCUT2D eigenvalue weighted by molar-refractivity contribution is 5.49. The smallest absolute Gasteiger partial charge is 0.0346 e. The summed E-state index contributed by atoms with van der Waals surface area (Å²) in [6, 6.07) is 6.25. The van der Waals surface area contributed by atoms with Crippen molar-refractivity contribution < 1.29 is 0 Å². The lowest BCUT2D eigenvalue weighted by atomic mass is 9.85. The van der Waals surface area contributed by atoms with Gasteiger partial charge in [0.25, 0.3) is 0 Å². The number of hydrogen-bond donors (Lipinski definition) is 1. The number of anilines is 1. The van der Waals surface area contributed by atoms with E-state index < -0.39 is 0 Å². The Morgan fingerprint density at radius 3 is 2.71 bits per heavy atom. The molecule has 0 radical (unpaired) electrons. The topological polar surface area (TPSA) is 29.3 Å². The van der Waals surface area contributed by atoms with Crippen LogP contribution in [0.3, 0.4) is 0 Å². The van der Waals surface area contributed by atoms with Crippen LogP contribution in [0.25, 0.3) is 0 Å². The van der Waals surface area contributed by atoms with Gasteiger partial charge in [-0.25, -0.2) is 0 Å². The summed E-state index contributed by atoms with van der Waals surface area (Å²) in [4.78, 5) is 2.55. The standard InChI is InChI=1S/C15H24N2/c1-3-17(10-13-6-4-7-13)11-14-8-5-9-15(16)12(14)2/h5,8-9,13H,3-4,6-7,10-11,16H2,1-2H3. The van der Waals surface area contributed by atoms with Crippen LogP contribution < -0.4 is 5.73 Å². The van der Waals surface area contributed by atoms with Crippen molar-refractivity contribution in [3.05, 3.63) is 29.3 Å². The van der Waals surface area contributed by atoms with Gasteiger partial charge < -0.3 is 5.73 Å². The molecule has 2 N–H and O–H groups in total. The number of nitrogen functional groups attached to an aromatic ring is 1. The molecule has 1 aliphatic carbocycles. The third-order valence-electron chi connectivity index (χ3n) is 4.07. The number of nitrogens with two attached hydrogens (primary N) is 1. The van der Waals surface area contributed by atoms with E-state index in [9.17, 15) is 0 Å². The fourth-order valence-corrected chi connectivity index (χ4v) is 2.46. The largest absolute Gasteiger partial charge is 0.399 e. The fourth-order valence-electron chi connectivity index (χ4n) is 2.46. The van der Waals surface area contributed by atoms with Gasteiger partial charge in [-0.3, -0.25) is 4.90 Å². The quantitative estimate of drug-likeness (QED) is 0.790. The molecule has 0 unspecified atom stereocenters. The van der Waals surface area contributed by atoms with E-state index in [-0.39, 0.29) is 0 Å². The lowest BCUT2D eigenvalue weighted by Crippen LogP contribution is -2.32. The van der Waals surface area contributed by atoms with Crippen molar-refractivity contribution in [2.75, 3.05) is 18.8 Å². The first kappa shape index (κ1) is 12.4. The summed E-state index contributed by atoms with van der Waals surface area (Å²) in [6.45, 7) is 7.81. The third kappa shape index (κ3) is 3.01. The molecule has 1 saturated carbocycles. The van der Waals surface area contributed by atoms with E-state index in [1.165, 1.54) is 36.9 Å². The second-order valence-corrected chi connectivity index (χ2v) is 5.26. The summed E-state index contributed by atoms with van der Waals surface area (Å²) in [7, 11) is 0. The van der Waals surface area contributed by atoms with Crippen LogP contribution in [0.1, 0.15) is 37.3 Å². The van der Waals surface area contributed by atoms with E-state index in [1.807, 2.05) is 6.07 Å². The second kappa shape index (κ2) is 5.54. The van der Waals surface area contributed by atoms with Gasteiger partial charge in [-0.2, -0.15) is 0 Å². The van der Waals surface area contributed by atoms with Gasteiger partial charge in [0.05, 0.1) is 0 Å². The predicted octanol–water partition coefficient (Wildman–Crippen LogP) is 3.20. The van der Waals surface area contributed by atoms with E-state index in [2.05, 4.69) is 30.9 Å². The summed E-state index contributed by atoms with van der Waals surface area (Å²) < 4.78 is 0. The Balaban J connectivity index is 1.99. The number of hydrogen-bond acceptors (Lipinski definition) is 2. The molecular weight excluding hydrogens is 208 g/mol. The van der Waals surface area contributed by atoms with Gasteiger partial charge >= 0.3 is 0 Å². The van der Waals surface area contributed by atoms with Crippen LogP contribution in [0.5, 0.6) is 0 Å². The van der Waals surface area contributed by atoms with Crippen LogP contribution in [0.4, 0.5) is 5.69 Å². The zero-order valence-corrected chi connectivity index (χ0v) is 11.1. The summed E-state index contributed by atoms with van der Waals surface area (Å²) in [5.74, 6) is 0.941. The number of nitrogens with zero attached hydrogens (tertiary/aromatic N) is 1.